The number of esters is 1. The van der Waals surface area contributed by atoms with Crippen LogP contribution < -0.4 is 5.32 Å². The molecule has 6 heteroatoms. The molecule has 0 heterocycles. The van der Waals surface area contributed by atoms with Crippen LogP contribution in [0.5, 0.6) is 0 Å². The van der Waals surface area contributed by atoms with Crippen molar-refractivity contribution in [1.29, 1.82) is 0 Å². The molecule has 0 aromatic heterocycles. The first-order chi connectivity index (χ1) is 32.5. The van der Waals surface area contributed by atoms with Crippen molar-refractivity contribution in [3.8, 4) is 0 Å². The smallest absolute Gasteiger partial charge is 0.305 e. The van der Waals surface area contributed by atoms with E-state index in [1.807, 2.05) is 0 Å². The maximum absolute atomic E-state index is 12.5. The molecule has 0 radical (unpaired) electrons. The Bertz CT molecular complexity index is 1030. The highest BCUT2D eigenvalue weighted by Crippen LogP contribution is 2.17. The van der Waals surface area contributed by atoms with Crippen molar-refractivity contribution < 1.29 is 24.5 Å². The lowest BCUT2D eigenvalue weighted by atomic mass is 10.0. The first kappa shape index (κ1) is 64.3. The van der Waals surface area contributed by atoms with E-state index in [1.165, 1.54) is 238 Å². The van der Waals surface area contributed by atoms with Crippen LogP contribution in [0.15, 0.2) is 24.3 Å². The van der Waals surface area contributed by atoms with E-state index >= 15 is 0 Å². The van der Waals surface area contributed by atoms with Gasteiger partial charge >= 0.3 is 5.97 Å². The van der Waals surface area contributed by atoms with Crippen LogP contribution in [0.4, 0.5) is 0 Å². The second-order valence-electron chi connectivity index (χ2n) is 20.3. The van der Waals surface area contributed by atoms with Crippen LogP contribution in [-0.4, -0.2) is 47.4 Å². The summed E-state index contributed by atoms with van der Waals surface area (Å²) >= 11 is 0. The summed E-state index contributed by atoms with van der Waals surface area (Å²) in [4.78, 5) is 24.5. The third kappa shape index (κ3) is 51.7. The number of hydrogen-bond donors (Lipinski definition) is 3. The first-order valence-corrected chi connectivity index (χ1v) is 29.6. The molecule has 0 saturated heterocycles. The molecular weight excluding hydrogens is 815 g/mol. The van der Waals surface area contributed by atoms with Gasteiger partial charge in [-0.3, -0.25) is 9.59 Å². The van der Waals surface area contributed by atoms with E-state index in [2.05, 4.69) is 43.5 Å². The molecule has 66 heavy (non-hydrogen) atoms. The van der Waals surface area contributed by atoms with Gasteiger partial charge in [-0.15, -0.1) is 0 Å². The number of rotatable bonds is 55. The van der Waals surface area contributed by atoms with Gasteiger partial charge in [0.2, 0.25) is 5.91 Å². The first-order valence-electron chi connectivity index (χ1n) is 29.6. The summed E-state index contributed by atoms with van der Waals surface area (Å²) in [6.45, 7) is 4.93. The van der Waals surface area contributed by atoms with Crippen molar-refractivity contribution in [2.75, 3.05) is 13.2 Å². The van der Waals surface area contributed by atoms with Crippen molar-refractivity contribution in [1.82, 2.24) is 5.32 Å². The van der Waals surface area contributed by atoms with Gasteiger partial charge in [0.1, 0.15) is 0 Å². The minimum Gasteiger partial charge on any atom is -0.466 e. The average Bonchev–Trinajstić information content (AvgIpc) is 3.32. The van der Waals surface area contributed by atoms with E-state index in [0.29, 0.717) is 25.9 Å². The number of aliphatic hydroxyl groups excluding tert-OH is 2. The Morgan fingerprint density at radius 1 is 0.424 bits per heavy atom. The van der Waals surface area contributed by atoms with Gasteiger partial charge in [-0.25, -0.2) is 0 Å². The average molecular weight is 931 g/mol. The number of aliphatic hydroxyl groups is 2. The van der Waals surface area contributed by atoms with Gasteiger partial charge in [0.15, 0.2) is 0 Å². The van der Waals surface area contributed by atoms with E-state index in [0.717, 1.165) is 51.4 Å². The lowest BCUT2D eigenvalue weighted by Crippen LogP contribution is -2.45. The van der Waals surface area contributed by atoms with Crippen LogP contribution in [0.25, 0.3) is 0 Å². The third-order valence-electron chi connectivity index (χ3n) is 13.8. The monoisotopic (exact) mass is 930 g/mol. The fourth-order valence-corrected chi connectivity index (χ4v) is 9.20. The number of nitrogens with one attached hydrogen (secondary N) is 1. The molecule has 3 N–H and O–H groups in total. The second-order valence-corrected chi connectivity index (χ2v) is 20.3. The predicted octanol–water partition coefficient (Wildman–Crippen LogP) is 18.2. The van der Waals surface area contributed by atoms with Crippen molar-refractivity contribution in [2.45, 2.75) is 334 Å². The van der Waals surface area contributed by atoms with Gasteiger partial charge in [-0.2, -0.15) is 0 Å². The lowest BCUT2D eigenvalue weighted by Gasteiger charge is -2.22. The quantitative estimate of drug-likeness (QED) is 0.0321. The molecule has 0 rings (SSSR count). The summed E-state index contributed by atoms with van der Waals surface area (Å²) in [6.07, 6.45) is 67.4. The summed E-state index contributed by atoms with van der Waals surface area (Å²) in [6, 6.07) is -0.542. The van der Waals surface area contributed by atoms with Crippen molar-refractivity contribution in [2.24, 2.45) is 0 Å². The van der Waals surface area contributed by atoms with Gasteiger partial charge < -0.3 is 20.3 Å². The zero-order valence-electron chi connectivity index (χ0n) is 44.4. The molecule has 0 aliphatic rings. The molecule has 6 nitrogen and oxygen atoms in total. The lowest BCUT2D eigenvalue weighted by molar-refractivity contribution is -0.143. The maximum atomic E-state index is 12.5. The molecule has 0 spiro atoms. The van der Waals surface area contributed by atoms with E-state index in [1.54, 1.807) is 0 Å². The highest BCUT2D eigenvalue weighted by Gasteiger charge is 2.20. The SMILES string of the molecule is CCCCCC/C=C\C/C=C\CCCCCCCC(=O)OCCCCCCCCCCCCCCCCCCCCCCC(=O)NC(CO)C(O)CCCCCCCCCCCCCCC. The third-order valence-corrected chi connectivity index (χ3v) is 13.8. The fraction of sp³-hybridized carbons (Fsp3) is 0.900. The van der Waals surface area contributed by atoms with E-state index in [9.17, 15) is 19.8 Å². The number of ether oxygens (including phenoxy) is 1. The molecule has 0 fully saturated rings. The summed E-state index contributed by atoms with van der Waals surface area (Å²) in [5.41, 5.74) is 0. The van der Waals surface area contributed by atoms with E-state index < -0.39 is 12.1 Å². The Morgan fingerprint density at radius 3 is 1.17 bits per heavy atom. The zero-order chi connectivity index (χ0) is 47.9. The summed E-state index contributed by atoms with van der Waals surface area (Å²) in [5.74, 6) is -0.0389. The number of carbonyl (C=O) groups excluding carboxylic acids is 2. The van der Waals surface area contributed by atoms with Gasteiger partial charge in [-0.05, 0) is 57.8 Å². The topological polar surface area (TPSA) is 95.9 Å². The summed E-state index contributed by atoms with van der Waals surface area (Å²) in [7, 11) is 0. The van der Waals surface area contributed by atoms with Crippen LogP contribution in [0.1, 0.15) is 322 Å². The number of unbranched alkanes of at least 4 members (excludes halogenated alkanes) is 40. The Kier molecular flexibility index (Phi) is 54.5. The van der Waals surface area contributed by atoms with Gasteiger partial charge in [0.05, 0.1) is 25.4 Å². The molecule has 390 valence electrons. The minimum absolute atomic E-state index is 0.00261. The number of carbonyl (C=O) groups is 2. The summed E-state index contributed by atoms with van der Waals surface area (Å²) in [5, 5.41) is 23.2. The molecule has 0 aliphatic heterocycles. The Hall–Kier alpha value is -1.66. The molecule has 0 bridgehead atoms. The van der Waals surface area contributed by atoms with E-state index in [4.69, 9.17) is 4.74 Å². The van der Waals surface area contributed by atoms with Crippen LogP contribution in [0.3, 0.4) is 0 Å². The highest BCUT2D eigenvalue weighted by molar-refractivity contribution is 5.76. The van der Waals surface area contributed by atoms with Crippen LogP contribution >= 0.6 is 0 Å². The van der Waals surface area contributed by atoms with Gasteiger partial charge in [0, 0.05) is 12.8 Å². The molecule has 2 unspecified atom stereocenters. The number of amides is 1. The Labute approximate surface area is 411 Å². The Morgan fingerprint density at radius 2 is 0.758 bits per heavy atom. The zero-order valence-corrected chi connectivity index (χ0v) is 44.4. The maximum Gasteiger partial charge on any atom is 0.305 e. The second kappa shape index (κ2) is 55.9. The normalized spacial score (nSPS) is 12.7. The van der Waals surface area contributed by atoms with Crippen molar-refractivity contribution in [3.63, 3.8) is 0 Å². The number of hydrogen-bond acceptors (Lipinski definition) is 5. The standard InChI is InChI=1S/C60H115NO5/c1-3-5-7-9-11-13-15-17-18-26-30-34-38-42-46-50-54-60(65)66-55-51-47-43-39-35-31-27-24-22-20-19-21-23-25-29-33-37-41-45-49-53-59(64)61-57(56-62)58(63)52-48-44-40-36-32-28-16-14-12-10-8-6-4-2/h13,15,18,26,57-58,62-63H,3-12,14,16-17,19-25,27-56H2,1-2H3,(H,61,64)/b15-13-,26-18-. The minimum atomic E-state index is -0.665. The number of allylic oxidation sites excluding steroid dienone is 4. The predicted molar refractivity (Wildman–Crippen MR) is 287 cm³/mol. The highest BCUT2D eigenvalue weighted by atomic mass is 16.5. The molecule has 0 aliphatic carbocycles. The van der Waals surface area contributed by atoms with Crippen LogP contribution in [-0.2, 0) is 14.3 Å². The van der Waals surface area contributed by atoms with Crippen LogP contribution in [0, 0.1) is 0 Å². The van der Waals surface area contributed by atoms with Gasteiger partial charge in [-0.1, -0.05) is 276 Å². The van der Waals surface area contributed by atoms with Gasteiger partial charge in [0.25, 0.3) is 0 Å². The molecule has 2 atom stereocenters. The van der Waals surface area contributed by atoms with E-state index in [-0.39, 0.29) is 18.5 Å². The molecular formula is C60H115NO5. The molecule has 0 saturated carbocycles. The van der Waals surface area contributed by atoms with Crippen LogP contribution in [0.2, 0.25) is 0 Å². The fourth-order valence-electron chi connectivity index (χ4n) is 9.20. The summed E-state index contributed by atoms with van der Waals surface area (Å²) < 4.78 is 5.48. The molecule has 1 amide bonds. The largest absolute Gasteiger partial charge is 0.466 e. The van der Waals surface area contributed by atoms with Crippen molar-refractivity contribution >= 4 is 11.9 Å². The molecule has 0 aromatic rings. The molecule has 0 aromatic carbocycles. The Balaban J connectivity index is 3.39. The van der Waals surface area contributed by atoms with Crippen molar-refractivity contribution in [3.05, 3.63) is 24.3 Å².